The first kappa shape index (κ1) is 8.02. The van der Waals surface area contributed by atoms with Crippen molar-refractivity contribution in [2.24, 2.45) is 0 Å². The fraction of sp³-hybridized carbons (Fsp3) is 1.00. The second-order valence-corrected chi connectivity index (χ2v) is 3.19. The number of hydrogen-bond donors (Lipinski definition) is 1. The highest BCUT2D eigenvalue weighted by molar-refractivity contribution is 4.94. The maximum Gasteiger partial charge on any atom is 0.0674 e. The molecule has 0 heterocycles. The van der Waals surface area contributed by atoms with Crippen LogP contribution in [-0.2, 0) is 4.74 Å². The molecule has 0 aliphatic heterocycles. The summed E-state index contributed by atoms with van der Waals surface area (Å²) in [7, 11) is 0. The Morgan fingerprint density at radius 2 is 2.20 bits per heavy atom. The highest BCUT2D eigenvalue weighted by Gasteiger charge is 2.41. The monoisotopic (exact) mass is 144 g/mol. The van der Waals surface area contributed by atoms with Gasteiger partial charge in [-0.05, 0) is 26.7 Å². The molecule has 2 nitrogen and oxygen atoms in total. The Morgan fingerprint density at radius 3 is 2.60 bits per heavy atom. The normalized spacial score (nSPS) is 24.3. The van der Waals surface area contributed by atoms with Gasteiger partial charge in [-0.3, -0.25) is 0 Å². The van der Waals surface area contributed by atoms with Gasteiger partial charge in [0.1, 0.15) is 0 Å². The van der Waals surface area contributed by atoms with Crippen LogP contribution in [0.2, 0.25) is 0 Å². The van der Waals surface area contributed by atoms with Crippen molar-refractivity contribution in [3.8, 4) is 0 Å². The first-order valence-electron chi connectivity index (χ1n) is 4.00. The van der Waals surface area contributed by atoms with Gasteiger partial charge < -0.3 is 9.84 Å². The maximum absolute atomic E-state index is 9.45. The molecular formula is C8H16O2. The molecule has 1 aliphatic rings. The van der Waals surface area contributed by atoms with E-state index in [1.165, 1.54) is 0 Å². The van der Waals surface area contributed by atoms with E-state index in [9.17, 15) is 5.11 Å². The van der Waals surface area contributed by atoms with Crippen LogP contribution >= 0.6 is 0 Å². The highest BCUT2D eigenvalue weighted by atomic mass is 16.5. The minimum absolute atomic E-state index is 0.220. The zero-order valence-corrected chi connectivity index (χ0v) is 6.76. The van der Waals surface area contributed by atoms with Gasteiger partial charge in [-0.15, -0.1) is 0 Å². The summed E-state index contributed by atoms with van der Waals surface area (Å²) in [5.41, 5.74) is -0.353. The fourth-order valence-electron chi connectivity index (χ4n) is 1.23. The lowest BCUT2D eigenvalue weighted by atomic mass is 10.1. The first-order chi connectivity index (χ1) is 4.66. The van der Waals surface area contributed by atoms with E-state index in [4.69, 9.17) is 4.74 Å². The van der Waals surface area contributed by atoms with Crippen molar-refractivity contribution in [1.29, 1.82) is 0 Å². The third-order valence-corrected chi connectivity index (χ3v) is 1.95. The minimum Gasteiger partial charge on any atom is -0.390 e. The Balaban J connectivity index is 2.11. The quantitative estimate of drug-likeness (QED) is 0.645. The minimum atomic E-state index is -0.353. The van der Waals surface area contributed by atoms with Gasteiger partial charge in [-0.2, -0.15) is 0 Å². The standard InChI is InChI=1S/C8H16O2/c1-3-10-7(2)6-8(9)4-5-8/h7,9H,3-6H2,1-2H3. The number of hydrogen-bond acceptors (Lipinski definition) is 2. The number of ether oxygens (including phenoxy) is 1. The molecule has 2 heteroatoms. The van der Waals surface area contributed by atoms with E-state index in [0.717, 1.165) is 25.9 Å². The molecule has 0 saturated heterocycles. The molecule has 0 spiro atoms. The molecule has 1 rings (SSSR count). The van der Waals surface area contributed by atoms with Crippen molar-refractivity contribution in [2.45, 2.75) is 44.8 Å². The summed E-state index contributed by atoms with van der Waals surface area (Å²) in [4.78, 5) is 0. The van der Waals surface area contributed by atoms with E-state index in [-0.39, 0.29) is 11.7 Å². The molecule has 0 amide bonds. The Bertz CT molecular complexity index is 108. The molecule has 1 aliphatic carbocycles. The summed E-state index contributed by atoms with van der Waals surface area (Å²) in [6.45, 7) is 4.74. The molecule has 1 N–H and O–H groups in total. The third kappa shape index (κ3) is 2.27. The SMILES string of the molecule is CCOC(C)CC1(O)CC1. The molecule has 1 saturated carbocycles. The van der Waals surface area contributed by atoms with Gasteiger partial charge >= 0.3 is 0 Å². The summed E-state index contributed by atoms with van der Waals surface area (Å²) in [6.07, 6.45) is 2.95. The Labute approximate surface area is 62.2 Å². The predicted octanol–water partition coefficient (Wildman–Crippen LogP) is 1.33. The van der Waals surface area contributed by atoms with Crippen LogP contribution in [-0.4, -0.2) is 23.4 Å². The molecule has 0 aromatic rings. The van der Waals surface area contributed by atoms with Gasteiger partial charge in [-0.1, -0.05) is 0 Å². The molecule has 1 unspecified atom stereocenters. The lowest BCUT2D eigenvalue weighted by Crippen LogP contribution is -2.18. The summed E-state index contributed by atoms with van der Waals surface area (Å²) in [5, 5.41) is 9.45. The second-order valence-electron chi connectivity index (χ2n) is 3.19. The van der Waals surface area contributed by atoms with E-state index in [1.807, 2.05) is 13.8 Å². The molecule has 0 aromatic heterocycles. The van der Waals surface area contributed by atoms with Gasteiger partial charge in [0.2, 0.25) is 0 Å². The molecule has 0 aromatic carbocycles. The average Bonchev–Trinajstić information content (AvgIpc) is 2.48. The van der Waals surface area contributed by atoms with E-state index in [0.29, 0.717) is 0 Å². The van der Waals surface area contributed by atoms with Crippen molar-refractivity contribution in [2.75, 3.05) is 6.61 Å². The van der Waals surface area contributed by atoms with Crippen LogP contribution in [0.4, 0.5) is 0 Å². The van der Waals surface area contributed by atoms with E-state index >= 15 is 0 Å². The van der Waals surface area contributed by atoms with Crippen molar-refractivity contribution in [3.63, 3.8) is 0 Å². The van der Waals surface area contributed by atoms with E-state index in [2.05, 4.69) is 0 Å². The lowest BCUT2D eigenvalue weighted by Gasteiger charge is -2.14. The van der Waals surface area contributed by atoms with Gasteiger partial charge in [0.05, 0.1) is 11.7 Å². The van der Waals surface area contributed by atoms with Crippen molar-refractivity contribution < 1.29 is 9.84 Å². The Hall–Kier alpha value is -0.0800. The maximum atomic E-state index is 9.45. The Kier molecular flexibility index (Phi) is 2.32. The summed E-state index contributed by atoms with van der Waals surface area (Å²) in [5.74, 6) is 0. The van der Waals surface area contributed by atoms with Gasteiger partial charge in [-0.25, -0.2) is 0 Å². The first-order valence-corrected chi connectivity index (χ1v) is 4.00. The lowest BCUT2D eigenvalue weighted by molar-refractivity contribution is 0.0216. The largest absolute Gasteiger partial charge is 0.390 e. The topological polar surface area (TPSA) is 29.5 Å². The van der Waals surface area contributed by atoms with Crippen LogP contribution in [0.25, 0.3) is 0 Å². The van der Waals surface area contributed by atoms with Gasteiger partial charge in [0, 0.05) is 13.0 Å². The van der Waals surface area contributed by atoms with Gasteiger partial charge in [0.15, 0.2) is 0 Å². The highest BCUT2D eigenvalue weighted by Crippen LogP contribution is 2.39. The van der Waals surface area contributed by atoms with Crippen LogP contribution in [0.3, 0.4) is 0 Å². The molecule has 1 atom stereocenters. The molecule has 10 heavy (non-hydrogen) atoms. The second kappa shape index (κ2) is 2.89. The zero-order valence-electron chi connectivity index (χ0n) is 6.76. The van der Waals surface area contributed by atoms with Crippen molar-refractivity contribution in [3.05, 3.63) is 0 Å². The van der Waals surface area contributed by atoms with Crippen molar-refractivity contribution in [1.82, 2.24) is 0 Å². The number of rotatable bonds is 4. The summed E-state index contributed by atoms with van der Waals surface area (Å²) < 4.78 is 5.30. The predicted molar refractivity (Wildman–Crippen MR) is 39.9 cm³/mol. The molecule has 0 bridgehead atoms. The zero-order chi connectivity index (χ0) is 7.61. The average molecular weight is 144 g/mol. The molecule has 0 radical (unpaired) electrons. The van der Waals surface area contributed by atoms with Crippen LogP contribution in [0.1, 0.15) is 33.1 Å². The van der Waals surface area contributed by atoms with Gasteiger partial charge in [0.25, 0.3) is 0 Å². The Morgan fingerprint density at radius 1 is 1.60 bits per heavy atom. The molecular weight excluding hydrogens is 128 g/mol. The summed E-state index contributed by atoms with van der Waals surface area (Å²) >= 11 is 0. The fourth-order valence-corrected chi connectivity index (χ4v) is 1.23. The third-order valence-electron chi connectivity index (χ3n) is 1.95. The number of aliphatic hydroxyl groups is 1. The molecule has 1 fully saturated rings. The van der Waals surface area contributed by atoms with Crippen LogP contribution in [0.5, 0.6) is 0 Å². The van der Waals surface area contributed by atoms with Crippen molar-refractivity contribution >= 4 is 0 Å². The van der Waals surface area contributed by atoms with Crippen LogP contribution in [0.15, 0.2) is 0 Å². The molecule has 60 valence electrons. The smallest absolute Gasteiger partial charge is 0.0674 e. The van der Waals surface area contributed by atoms with Crippen LogP contribution in [0, 0.1) is 0 Å². The van der Waals surface area contributed by atoms with E-state index < -0.39 is 0 Å². The van der Waals surface area contributed by atoms with Crippen LogP contribution < -0.4 is 0 Å². The summed E-state index contributed by atoms with van der Waals surface area (Å²) in [6, 6.07) is 0. The van der Waals surface area contributed by atoms with E-state index in [1.54, 1.807) is 0 Å².